The minimum atomic E-state index is -0.555. The molecule has 7 heteroatoms. The molecule has 31 heavy (non-hydrogen) atoms. The van der Waals surface area contributed by atoms with Crippen LogP contribution in [0, 0.1) is 0 Å². The number of nitrogens with zero attached hydrogens (tertiary/aromatic N) is 1. The number of carbonyl (C=O) groups excluding carboxylic acids is 3. The minimum absolute atomic E-state index is 0.236. The van der Waals surface area contributed by atoms with E-state index in [4.69, 9.17) is 16.3 Å². The summed E-state index contributed by atoms with van der Waals surface area (Å²) in [6, 6.07) is 22.7. The van der Waals surface area contributed by atoms with Gasteiger partial charge in [0.2, 0.25) is 0 Å². The molecule has 1 saturated heterocycles. The Morgan fingerprint density at radius 2 is 1.61 bits per heavy atom. The monoisotopic (exact) mass is 449 g/mol. The summed E-state index contributed by atoms with van der Waals surface area (Å²) < 4.78 is 5.35. The molecule has 0 spiro atoms. The molecule has 5 nitrogen and oxygen atoms in total. The van der Waals surface area contributed by atoms with E-state index in [1.54, 1.807) is 54.6 Å². The van der Waals surface area contributed by atoms with Gasteiger partial charge in [0.15, 0.2) is 0 Å². The maximum Gasteiger partial charge on any atom is 0.345 e. The highest BCUT2D eigenvalue weighted by atomic mass is 35.5. The van der Waals surface area contributed by atoms with Crippen LogP contribution < -0.4 is 4.74 Å². The zero-order valence-electron chi connectivity index (χ0n) is 16.2. The van der Waals surface area contributed by atoms with Gasteiger partial charge in [-0.05, 0) is 53.2 Å². The van der Waals surface area contributed by atoms with Crippen LogP contribution in [0.4, 0.5) is 4.79 Å². The summed E-state index contributed by atoms with van der Waals surface area (Å²) >= 11 is 6.93. The molecule has 0 bridgehead atoms. The largest absolute Gasteiger partial charge is 0.423 e. The molecule has 1 heterocycles. The first-order chi connectivity index (χ1) is 15.0. The Hall–Kier alpha value is -3.35. The Balaban J connectivity index is 1.44. The lowest BCUT2D eigenvalue weighted by Crippen LogP contribution is -2.27. The molecule has 154 valence electrons. The number of hydrogen-bond donors (Lipinski definition) is 0. The Bertz CT molecular complexity index is 1180. The molecule has 3 aromatic carbocycles. The van der Waals surface area contributed by atoms with Crippen LogP contribution in [0.25, 0.3) is 6.08 Å². The average Bonchev–Trinajstić information content (AvgIpc) is 3.03. The smallest absolute Gasteiger partial charge is 0.345 e. The normalized spacial score (nSPS) is 14.9. The van der Waals surface area contributed by atoms with Gasteiger partial charge in [-0.2, -0.15) is 0 Å². The number of rotatable bonds is 5. The van der Waals surface area contributed by atoms with Crippen molar-refractivity contribution >= 4 is 46.6 Å². The van der Waals surface area contributed by atoms with Crippen LogP contribution in [-0.2, 0) is 11.3 Å². The van der Waals surface area contributed by atoms with E-state index in [9.17, 15) is 14.4 Å². The van der Waals surface area contributed by atoms with E-state index >= 15 is 0 Å². The molecular formula is C24H16ClNO4S. The van der Waals surface area contributed by atoms with Crippen LogP contribution in [0.1, 0.15) is 21.5 Å². The molecule has 0 atom stereocenters. The van der Waals surface area contributed by atoms with Crippen molar-refractivity contribution in [3.63, 3.8) is 0 Å². The minimum Gasteiger partial charge on any atom is -0.423 e. The first kappa shape index (κ1) is 20.9. The van der Waals surface area contributed by atoms with E-state index in [-0.39, 0.29) is 23.3 Å². The molecule has 1 aliphatic rings. The molecule has 1 aliphatic heterocycles. The van der Waals surface area contributed by atoms with Gasteiger partial charge in [0.05, 0.1) is 22.0 Å². The van der Waals surface area contributed by atoms with Crippen molar-refractivity contribution in [1.29, 1.82) is 0 Å². The third-order valence-electron chi connectivity index (χ3n) is 4.54. The van der Waals surface area contributed by atoms with Gasteiger partial charge >= 0.3 is 5.97 Å². The number of hydrogen-bond acceptors (Lipinski definition) is 5. The van der Waals surface area contributed by atoms with Crippen molar-refractivity contribution in [3.05, 3.63) is 105 Å². The predicted molar refractivity (Wildman–Crippen MR) is 121 cm³/mol. The zero-order valence-corrected chi connectivity index (χ0v) is 17.7. The van der Waals surface area contributed by atoms with Crippen LogP contribution >= 0.6 is 23.4 Å². The highest BCUT2D eigenvalue weighted by molar-refractivity contribution is 8.18. The van der Waals surface area contributed by atoms with Crippen molar-refractivity contribution in [2.75, 3.05) is 0 Å². The van der Waals surface area contributed by atoms with Gasteiger partial charge in [-0.15, -0.1) is 0 Å². The second kappa shape index (κ2) is 9.20. The fraction of sp³-hybridized carbons (Fsp3) is 0.0417. The van der Waals surface area contributed by atoms with E-state index in [1.165, 1.54) is 4.90 Å². The van der Waals surface area contributed by atoms with E-state index in [0.717, 1.165) is 17.3 Å². The number of halogens is 1. The average molecular weight is 450 g/mol. The van der Waals surface area contributed by atoms with Crippen molar-refractivity contribution in [2.45, 2.75) is 6.54 Å². The molecule has 0 N–H and O–H groups in total. The fourth-order valence-corrected chi connectivity index (χ4v) is 4.03. The fourth-order valence-electron chi connectivity index (χ4n) is 2.97. The highest BCUT2D eigenvalue weighted by Crippen LogP contribution is 2.33. The molecule has 0 unspecified atom stereocenters. The van der Waals surface area contributed by atoms with E-state index < -0.39 is 5.97 Å². The third-order valence-corrected chi connectivity index (χ3v) is 5.78. The summed E-state index contributed by atoms with van der Waals surface area (Å²) in [6.45, 7) is 0.236. The molecule has 0 aromatic heterocycles. The SMILES string of the molecule is O=C(Oc1ccc(/C=C2\SC(=O)N(Cc3ccccc3)C2=O)cc1)c1ccccc1Cl. The molecule has 4 rings (SSSR count). The summed E-state index contributed by atoms with van der Waals surface area (Å²) in [7, 11) is 0. The maximum atomic E-state index is 12.7. The topological polar surface area (TPSA) is 63.7 Å². The highest BCUT2D eigenvalue weighted by Gasteiger charge is 2.34. The van der Waals surface area contributed by atoms with Gasteiger partial charge in [-0.1, -0.05) is 66.2 Å². The van der Waals surface area contributed by atoms with Gasteiger partial charge in [-0.3, -0.25) is 14.5 Å². The quantitative estimate of drug-likeness (QED) is 0.280. The van der Waals surface area contributed by atoms with Gasteiger partial charge < -0.3 is 4.74 Å². The standard InChI is InChI=1S/C24H16ClNO4S/c25-20-9-5-4-8-19(20)23(28)30-18-12-10-16(11-13-18)14-21-22(27)26(24(29)31-21)15-17-6-2-1-3-7-17/h1-14H,15H2/b21-14-. The van der Waals surface area contributed by atoms with Crippen molar-refractivity contribution in [3.8, 4) is 5.75 Å². The van der Waals surface area contributed by atoms with Crippen LogP contribution in [-0.4, -0.2) is 22.0 Å². The van der Waals surface area contributed by atoms with Crippen LogP contribution in [0.15, 0.2) is 83.8 Å². The van der Waals surface area contributed by atoms with E-state index in [0.29, 0.717) is 21.2 Å². The van der Waals surface area contributed by atoms with E-state index in [1.807, 2.05) is 30.3 Å². The summed E-state index contributed by atoms with van der Waals surface area (Å²) in [5.74, 6) is -0.535. The number of amides is 2. The molecule has 0 saturated carbocycles. The second-order valence-corrected chi connectivity index (χ2v) is 8.09. The van der Waals surface area contributed by atoms with Crippen LogP contribution in [0.5, 0.6) is 5.75 Å². The lowest BCUT2D eigenvalue weighted by Gasteiger charge is -2.12. The lowest BCUT2D eigenvalue weighted by atomic mass is 10.2. The Morgan fingerprint density at radius 1 is 0.935 bits per heavy atom. The number of carbonyl (C=O) groups is 3. The number of imide groups is 1. The lowest BCUT2D eigenvalue weighted by molar-refractivity contribution is -0.123. The Labute approximate surface area is 188 Å². The number of ether oxygens (including phenoxy) is 1. The number of benzene rings is 3. The second-order valence-electron chi connectivity index (χ2n) is 6.69. The summed E-state index contributed by atoms with van der Waals surface area (Å²) in [6.07, 6.45) is 1.65. The molecular weight excluding hydrogens is 434 g/mol. The molecule has 0 aliphatic carbocycles. The number of thioether (sulfide) groups is 1. The van der Waals surface area contributed by atoms with Crippen molar-refractivity contribution in [2.24, 2.45) is 0 Å². The molecule has 2 amide bonds. The Kier molecular flexibility index (Phi) is 6.21. The molecule has 0 radical (unpaired) electrons. The van der Waals surface area contributed by atoms with Gasteiger partial charge in [-0.25, -0.2) is 4.79 Å². The number of esters is 1. The van der Waals surface area contributed by atoms with Crippen molar-refractivity contribution < 1.29 is 19.1 Å². The molecule has 1 fully saturated rings. The van der Waals surface area contributed by atoms with Gasteiger partial charge in [0.25, 0.3) is 11.1 Å². The third kappa shape index (κ3) is 4.87. The van der Waals surface area contributed by atoms with Gasteiger partial charge in [0, 0.05) is 0 Å². The van der Waals surface area contributed by atoms with E-state index in [2.05, 4.69) is 0 Å². The maximum absolute atomic E-state index is 12.7. The summed E-state index contributed by atoms with van der Waals surface area (Å²) in [5, 5.41) is 0.0146. The molecule has 3 aromatic rings. The Morgan fingerprint density at radius 3 is 2.32 bits per heavy atom. The van der Waals surface area contributed by atoms with Gasteiger partial charge in [0.1, 0.15) is 5.75 Å². The summed E-state index contributed by atoms with van der Waals surface area (Å²) in [5.41, 5.74) is 1.87. The summed E-state index contributed by atoms with van der Waals surface area (Å²) in [4.78, 5) is 38.8. The van der Waals surface area contributed by atoms with Crippen LogP contribution in [0.2, 0.25) is 5.02 Å². The predicted octanol–water partition coefficient (Wildman–Crippen LogP) is 5.80. The zero-order chi connectivity index (χ0) is 21.8. The van der Waals surface area contributed by atoms with Crippen molar-refractivity contribution in [1.82, 2.24) is 4.90 Å². The first-order valence-electron chi connectivity index (χ1n) is 9.37. The first-order valence-corrected chi connectivity index (χ1v) is 10.6. The van der Waals surface area contributed by atoms with Crippen LogP contribution in [0.3, 0.4) is 0 Å².